The highest BCUT2D eigenvalue weighted by molar-refractivity contribution is 9.10. The standard InChI is InChI=1S/C8H5BrO4S/c9-4-1-2-14-7(4)5(10)3-6(11)8(12)13/h1-2H,3H2,(H,12,13). The van der Waals surface area contributed by atoms with Crippen LogP contribution in [-0.2, 0) is 9.59 Å². The molecule has 6 heteroatoms. The third kappa shape index (κ3) is 2.49. The van der Waals surface area contributed by atoms with Crippen LogP contribution >= 0.6 is 27.3 Å². The fourth-order valence-electron chi connectivity index (χ4n) is 0.794. The van der Waals surface area contributed by atoms with Gasteiger partial charge in [-0.15, -0.1) is 11.3 Å². The molecule has 4 nitrogen and oxygen atoms in total. The quantitative estimate of drug-likeness (QED) is 0.517. The van der Waals surface area contributed by atoms with E-state index in [-0.39, 0.29) is 0 Å². The lowest BCUT2D eigenvalue weighted by molar-refractivity contribution is -0.148. The van der Waals surface area contributed by atoms with E-state index in [0.717, 1.165) is 0 Å². The van der Waals surface area contributed by atoms with Crippen LogP contribution in [0.5, 0.6) is 0 Å². The van der Waals surface area contributed by atoms with Gasteiger partial charge in [0.15, 0.2) is 5.78 Å². The number of aliphatic carboxylic acids is 1. The van der Waals surface area contributed by atoms with Gasteiger partial charge in [0.05, 0.1) is 11.3 Å². The van der Waals surface area contributed by atoms with E-state index >= 15 is 0 Å². The molecule has 0 aliphatic rings. The second-order valence-electron chi connectivity index (χ2n) is 2.43. The maximum Gasteiger partial charge on any atom is 0.372 e. The van der Waals surface area contributed by atoms with Crippen molar-refractivity contribution in [2.24, 2.45) is 0 Å². The van der Waals surface area contributed by atoms with Gasteiger partial charge in [0.1, 0.15) is 0 Å². The molecule has 0 aromatic carbocycles. The lowest BCUT2D eigenvalue weighted by Crippen LogP contribution is -2.16. The fourth-order valence-corrected chi connectivity index (χ4v) is 2.33. The molecule has 1 heterocycles. The van der Waals surface area contributed by atoms with Crippen molar-refractivity contribution in [2.75, 3.05) is 0 Å². The largest absolute Gasteiger partial charge is 0.475 e. The highest BCUT2D eigenvalue weighted by Crippen LogP contribution is 2.23. The van der Waals surface area contributed by atoms with Crippen LogP contribution in [0.3, 0.4) is 0 Å². The Kier molecular flexibility index (Phi) is 3.54. The van der Waals surface area contributed by atoms with E-state index < -0.39 is 24.0 Å². The first-order valence-electron chi connectivity index (χ1n) is 3.54. The smallest absolute Gasteiger partial charge is 0.372 e. The maximum atomic E-state index is 11.3. The van der Waals surface area contributed by atoms with Crippen molar-refractivity contribution in [1.82, 2.24) is 0 Å². The number of halogens is 1. The summed E-state index contributed by atoms with van der Waals surface area (Å²) in [5, 5.41) is 9.97. The van der Waals surface area contributed by atoms with Crippen LogP contribution in [-0.4, -0.2) is 22.6 Å². The SMILES string of the molecule is O=C(O)C(=O)CC(=O)c1sccc1Br. The van der Waals surface area contributed by atoms with Crippen LogP contribution in [0.4, 0.5) is 0 Å². The lowest BCUT2D eigenvalue weighted by Gasteiger charge is -1.94. The van der Waals surface area contributed by atoms with Crippen molar-refractivity contribution in [3.63, 3.8) is 0 Å². The van der Waals surface area contributed by atoms with E-state index in [2.05, 4.69) is 15.9 Å². The van der Waals surface area contributed by atoms with Gasteiger partial charge < -0.3 is 5.11 Å². The number of rotatable bonds is 4. The summed E-state index contributed by atoms with van der Waals surface area (Å²) in [6, 6.07) is 1.67. The Labute approximate surface area is 91.7 Å². The highest BCUT2D eigenvalue weighted by atomic mass is 79.9. The molecule has 1 rings (SSSR count). The lowest BCUT2D eigenvalue weighted by atomic mass is 10.2. The van der Waals surface area contributed by atoms with Crippen LogP contribution in [0.15, 0.2) is 15.9 Å². The van der Waals surface area contributed by atoms with E-state index in [0.29, 0.717) is 9.35 Å². The molecule has 1 N–H and O–H groups in total. The number of hydrogen-bond donors (Lipinski definition) is 1. The van der Waals surface area contributed by atoms with Crippen molar-refractivity contribution in [3.8, 4) is 0 Å². The summed E-state index contributed by atoms with van der Waals surface area (Å²) in [6.07, 6.45) is -0.589. The van der Waals surface area contributed by atoms with Crippen molar-refractivity contribution in [3.05, 3.63) is 20.8 Å². The molecule has 0 unspecified atom stereocenters. The van der Waals surface area contributed by atoms with Crippen molar-refractivity contribution in [2.45, 2.75) is 6.42 Å². The van der Waals surface area contributed by atoms with Crippen LogP contribution in [0.1, 0.15) is 16.1 Å². The van der Waals surface area contributed by atoms with Gasteiger partial charge in [0.2, 0.25) is 5.78 Å². The molecule has 0 saturated carbocycles. The Morgan fingerprint density at radius 1 is 1.43 bits per heavy atom. The summed E-state index contributed by atoms with van der Waals surface area (Å²) in [6.45, 7) is 0. The first kappa shape index (κ1) is 11.1. The first-order chi connectivity index (χ1) is 6.52. The molecule has 1 aromatic rings. The predicted molar refractivity (Wildman–Crippen MR) is 53.6 cm³/mol. The minimum absolute atomic E-state index is 0.375. The number of carboxylic acid groups (broad SMARTS) is 1. The normalized spacial score (nSPS) is 9.79. The van der Waals surface area contributed by atoms with E-state index in [9.17, 15) is 14.4 Å². The summed E-state index contributed by atoms with van der Waals surface area (Å²) in [4.78, 5) is 32.6. The van der Waals surface area contributed by atoms with Crippen LogP contribution in [0.25, 0.3) is 0 Å². The molecule has 0 bridgehead atoms. The minimum Gasteiger partial charge on any atom is -0.475 e. The zero-order valence-electron chi connectivity index (χ0n) is 6.82. The Morgan fingerprint density at radius 3 is 2.50 bits per heavy atom. The molecule has 0 radical (unpaired) electrons. The van der Waals surface area contributed by atoms with Crippen LogP contribution in [0.2, 0.25) is 0 Å². The zero-order valence-corrected chi connectivity index (χ0v) is 9.22. The van der Waals surface area contributed by atoms with Crippen molar-refractivity contribution in [1.29, 1.82) is 0 Å². The summed E-state index contributed by atoms with van der Waals surface area (Å²) >= 11 is 4.29. The second kappa shape index (κ2) is 4.47. The van der Waals surface area contributed by atoms with Gasteiger partial charge >= 0.3 is 5.97 Å². The number of ketones is 2. The third-order valence-corrected chi connectivity index (χ3v) is 3.31. The fraction of sp³-hybridized carbons (Fsp3) is 0.125. The van der Waals surface area contributed by atoms with Gasteiger partial charge in [-0.05, 0) is 27.4 Å². The second-order valence-corrected chi connectivity index (χ2v) is 4.20. The van der Waals surface area contributed by atoms with Crippen molar-refractivity contribution < 1.29 is 19.5 Å². The number of carboxylic acids is 1. The molecule has 0 atom stereocenters. The summed E-state index contributed by atoms with van der Waals surface area (Å²) < 4.78 is 0.589. The Bertz CT molecular complexity index is 396. The number of carbonyl (C=O) groups excluding carboxylic acids is 2. The number of carbonyl (C=O) groups is 3. The molecular weight excluding hydrogens is 272 g/mol. The Morgan fingerprint density at radius 2 is 2.07 bits per heavy atom. The van der Waals surface area contributed by atoms with Gasteiger partial charge in [-0.1, -0.05) is 0 Å². The summed E-state index contributed by atoms with van der Waals surface area (Å²) in [5.74, 6) is -3.14. The number of hydrogen-bond acceptors (Lipinski definition) is 4. The van der Waals surface area contributed by atoms with E-state index in [4.69, 9.17) is 5.11 Å². The Hall–Kier alpha value is -1.01. The first-order valence-corrected chi connectivity index (χ1v) is 5.22. The molecule has 0 amide bonds. The minimum atomic E-state index is -1.58. The summed E-state index contributed by atoms with van der Waals surface area (Å²) in [5.41, 5.74) is 0. The van der Waals surface area contributed by atoms with Crippen molar-refractivity contribution >= 4 is 44.8 Å². The van der Waals surface area contributed by atoms with Crippen LogP contribution in [0, 0.1) is 0 Å². The topological polar surface area (TPSA) is 71.4 Å². The predicted octanol–water partition coefficient (Wildman–Crippen LogP) is 1.74. The molecule has 1 aromatic heterocycles. The Balaban J connectivity index is 2.74. The highest BCUT2D eigenvalue weighted by Gasteiger charge is 2.19. The third-order valence-electron chi connectivity index (χ3n) is 1.43. The average molecular weight is 277 g/mol. The van der Waals surface area contributed by atoms with E-state index in [1.165, 1.54) is 11.3 Å². The van der Waals surface area contributed by atoms with Gasteiger partial charge in [0, 0.05) is 4.47 Å². The monoisotopic (exact) mass is 276 g/mol. The molecule has 14 heavy (non-hydrogen) atoms. The number of Topliss-reactive ketones (excluding diaryl/α,β-unsaturated/α-hetero) is 2. The van der Waals surface area contributed by atoms with E-state index in [1.54, 1.807) is 11.4 Å². The molecular formula is C8H5BrO4S. The van der Waals surface area contributed by atoms with Crippen LogP contribution < -0.4 is 0 Å². The van der Waals surface area contributed by atoms with Gasteiger partial charge in [-0.2, -0.15) is 0 Å². The number of thiophene rings is 1. The zero-order chi connectivity index (χ0) is 10.7. The molecule has 0 aliphatic heterocycles. The van der Waals surface area contributed by atoms with Gasteiger partial charge in [-0.25, -0.2) is 4.79 Å². The average Bonchev–Trinajstić information content (AvgIpc) is 2.51. The van der Waals surface area contributed by atoms with E-state index in [1.807, 2.05) is 0 Å². The molecule has 0 fully saturated rings. The molecule has 0 aliphatic carbocycles. The molecule has 0 spiro atoms. The maximum absolute atomic E-state index is 11.3. The van der Waals surface area contributed by atoms with Gasteiger partial charge in [0.25, 0.3) is 0 Å². The van der Waals surface area contributed by atoms with Gasteiger partial charge in [-0.3, -0.25) is 9.59 Å². The molecule has 74 valence electrons. The summed E-state index contributed by atoms with van der Waals surface area (Å²) in [7, 11) is 0. The molecule has 0 saturated heterocycles.